The Bertz CT molecular complexity index is 946. The topological polar surface area (TPSA) is 101 Å². The number of carbonyl (C=O) groups excluding carboxylic acids is 2. The van der Waals surface area contributed by atoms with E-state index >= 15 is 0 Å². The monoisotopic (exact) mass is 455 g/mol. The molecule has 0 saturated heterocycles. The van der Waals surface area contributed by atoms with Crippen LogP contribution in [0.4, 0.5) is 4.79 Å². The average molecular weight is 456 g/mol. The number of unbranched alkanes of at least 4 members (excludes halogenated alkanes) is 3. The first-order valence-electron chi connectivity index (χ1n) is 11.2. The van der Waals surface area contributed by atoms with E-state index in [1.807, 2.05) is 25.1 Å². The maximum Gasteiger partial charge on any atom is 0.412 e. The molecule has 0 bridgehead atoms. The van der Waals surface area contributed by atoms with E-state index in [1.165, 1.54) is 17.8 Å². The fourth-order valence-electron chi connectivity index (χ4n) is 3.71. The summed E-state index contributed by atoms with van der Waals surface area (Å²) in [5.41, 5.74) is 1.41. The summed E-state index contributed by atoms with van der Waals surface area (Å²) in [4.78, 5) is 30.9. The summed E-state index contributed by atoms with van der Waals surface area (Å²) in [5.74, 6) is -0.218. The van der Waals surface area contributed by atoms with E-state index in [0.29, 0.717) is 18.5 Å². The molecule has 0 radical (unpaired) electrons. The number of aromatic nitrogens is 1. The van der Waals surface area contributed by atoms with Crippen molar-refractivity contribution in [2.24, 2.45) is 0 Å². The minimum absolute atomic E-state index is 0.0907. The molecule has 170 valence electrons. The number of nitrogens with zero attached hydrogens (tertiary/aromatic N) is 2. The van der Waals surface area contributed by atoms with E-state index in [9.17, 15) is 9.59 Å². The largest absolute Gasteiger partial charge is 0.458 e. The summed E-state index contributed by atoms with van der Waals surface area (Å²) < 4.78 is 11.3. The molecule has 7 nitrogen and oxygen atoms in total. The van der Waals surface area contributed by atoms with Crippen molar-refractivity contribution in [3.8, 4) is 22.4 Å². The number of ether oxygens (including phenoxy) is 2. The maximum atomic E-state index is 13.0. The average Bonchev–Trinajstić information content (AvgIpc) is 3.13. The Morgan fingerprint density at radius 2 is 2.03 bits per heavy atom. The number of amides is 1. The van der Waals surface area contributed by atoms with Crippen molar-refractivity contribution in [2.75, 3.05) is 6.54 Å². The van der Waals surface area contributed by atoms with Gasteiger partial charge < -0.3 is 14.8 Å². The Balaban J connectivity index is 1.73. The van der Waals surface area contributed by atoms with Gasteiger partial charge >= 0.3 is 12.1 Å². The van der Waals surface area contributed by atoms with Gasteiger partial charge in [0.15, 0.2) is 10.6 Å². The zero-order valence-corrected chi connectivity index (χ0v) is 19.2. The smallest absolute Gasteiger partial charge is 0.412 e. The Kier molecular flexibility index (Phi) is 9.05. The Morgan fingerprint density at radius 3 is 2.75 bits per heavy atom. The number of thiophene rings is 1. The van der Waals surface area contributed by atoms with Gasteiger partial charge in [-0.15, -0.1) is 11.3 Å². The molecule has 1 aliphatic rings. The third-order valence-corrected chi connectivity index (χ3v) is 6.71. The van der Waals surface area contributed by atoms with Crippen molar-refractivity contribution in [1.82, 2.24) is 10.3 Å². The Hall–Kier alpha value is -2.92. The quantitative estimate of drug-likeness (QED) is 0.380. The molecule has 0 aliphatic heterocycles. The van der Waals surface area contributed by atoms with Crippen molar-refractivity contribution in [3.63, 3.8) is 0 Å². The molecule has 8 heteroatoms. The van der Waals surface area contributed by atoms with Gasteiger partial charge in [-0.2, -0.15) is 5.26 Å². The van der Waals surface area contributed by atoms with Gasteiger partial charge in [-0.1, -0.05) is 18.9 Å². The minimum Gasteiger partial charge on any atom is -0.458 e. The molecular weight excluding hydrogens is 426 g/mol. The van der Waals surface area contributed by atoms with Gasteiger partial charge in [0.05, 0.1) is 16.6 Å². The van der Waals surface area contributed by atoms with Crippen molar-refractivity contribution < 1.29 is 19.1 Å². The molecule has 0 aromatic carbocycles. The predicted octanol–water partition coefficient (Wildman–Crippen LogP) is 5.78. The summed E-state index contributed by atoms with van der Waals surface area (Å²) in [6.45, 7) is 2.27. The first kappa shape index (κ1) is 23.7. The first-order valence-corrected chi connectivity index (χ1v) is 12.0. The van der Waals surface area contributed by atoms with Gasteiger partial charge in [-0.05, 0) is 57.6 Å². The molecule has 2 heterocycles. The molecule has 0 unspecified atom stereocenters. The third-order valence-electron chi connectivity index (χ3n) is 5.43. The van der Waals surface area contributed by atoms with Crippen molar-refractivity contribution in [3.05, 3.63) is 34.8 Å². The molecule has 1 N–H and O–H groups in total. The number of carbonyl (C=O) groups is 2. The molecule has 32 heavy (non-hydrogen) atoms. The zero-order valence-electron chi connectivity index (χ0n) is 18.4. The van der Waals surface area contributed by atoms with Crippen LogP contribution in [0.1, 0.15) is 73.0 Å². The van der Waals surface area contributed by atoms with Crippen LogP contribution >= 0.6 is 11.3 Å². The zero-order chi connectivity index (χ0) is 22.8. The normalized spacial score (nSPS) is 13.9. The standard InChI is InChI=1S/C24H29N3O4S/c1-17-20(31-24(29)27-16-9-3-2-8-14-25)22(23(28)30-18-11-5-4-6-12-18)32-21(17)19-13-7-10-15-26-19/h7,10,13,15,18H,2-6,8-9,11-12,16H2,1H3,(H,27,29). The molecule has 1 saturated carbocycles. The molecule has 1 amide bonds. The molecule has 3 rings (SSSR count). The van der Waals surface area contributed by atoms with E-state index < -0.39 is 12.1 Å². The van der Waals surface area contributed by atoms with Gasteiger partial charge in [-0.25, -0.2) is 9.59 Å². The van der Waals surface area contributed by atoms with Crippen LogP contribution in [0, 0.1) is 18.3 Å². The van der Waals surface area contributed by atoms with Gasteiger partial charge in [0.25, 0.3) is 0 Å². The Morgan fingerprint density at radius 1 is 1.22 bits per heavy atom. The van der Waals surface area contributed by atoms with Crippen molar-refractivity contribution in [2.45, 2.75) is 70.8 Å². The van der Waals surface area contributed by atoms with Gasteiger partial charge in [0, 0.05) is 24.7 Å². The van der Waals surface area contributed by atoms with Crippen LogP contribution in [0.2, 0.25) is 0 Å². The lowest BCUT2D eigenvalue weighted by molar-refractivity contribution is 0.0214. The van der Waals surface area contributed by atoms with E-state index in [-0.39, 0.29) is 16.7 Å². The van der Waals surface area contributed by atoms with Crippen LogP contribution in [0.5, 0.6) is 5.75 Å². The number of nitrogens with one attached hydrogen (secondary N) is 1. The first-order chi connectivity index (χ1) is 15.6. The third kappa shape index (κ3) is 6.54. The van der Waals surface area contributed by atoms with Crippen molar-refractivity contribution >= 4 is 23.4 Å². The maximum absolute atomic E-state index is 13.0. The highest BCUT2D eigenvalue weighted by molar-refractivity contribution is 7.18. The number of rotatable bonds is 9. The second-order valence-corrected chi connectivity index (χ2v) is 8.90. The van der Waals surface area contributed by atoms with E-state index in [0.717, 1.165) is 55.5 Å². The summed E-state index contributed by atoms with van der Waals surface area (Å²) in [6.07, 6.45) is 8.94. The minimum atomic E-state index is -0.606. The van der Waals surface area contributed by atoms with Gasteiger partial charge in [0.1, 0.15) is 6.10 Å². The molecule has 1 aliphatic carbocycles. The molecular formula is C24H29N3O4S. The molecule has 0 spiro atoms. The fourth-order valence-corrected chi connectivity index (χ4v) is 4.80. The molecule has 2 aromatic heterocycles. The number of esters is 1. The Labute approximate surface area is 192 Å². The summed E-state index contributed by atoms with van der Waals surface area (Å²) >= 11 is 1.24. The van der Waals surface area contributed by atoms with E-state index in [1.54, 1.807) is 6.20 Å². The highest BCUT2D eigenvalue weighted by Crippen LogP contribution is 2.41. The highest BCUT2D eigenvalue weighted by Gasteiger charge is 2.28. The number of nitriles is 1. The second kappa shape index (κ2) is 12.2. The van der Waals surface area contributed by atoms with E-state index in [4.69, 9.17) is 14.7 Å². The van der Waals surface area contributed by atoms with Crippen molar-refractivity contribution in [1.29, 1.82) is 5.26 Å². The SMILES string of the molecule is Cc1c(-c2ccccn2)sc(C(=O)OC2CCCCC2)c1OC(=O)NCCCCCC#N. The lowest BCUT2D eigenvalue weighted by Gasteiger charge is -2.21. The lowest BCUT2D eigenvalue weighted by atomic mass is 9.98. The number of hydrogen-bond acceptors (Lipinski definition) is 7. The number of hydrogen-bond donors (Lipinski definition) is 1. The second-order valence-electron chi connectivity index (χ2n) is 7.88. The molecule has 1 fully saturated rings. The summed E-state index contributed by atoms with van der Waals surface area (Å²) in [6, 6.07) is 7.67. The van der Waals surface area contributed by atoms with Gasteiger partial charge in [-0.3, -0.25) is 4.98 Å². The molecule has 0 atom stereocenters. The van der Waals surface area contributed by atoms with Crippen LogP contribution in [-0.2, 0) is 4.74 Å². The highest BCUT2D eigenvalue weighted by atomic mass is 32.1. The molecule has 2 aromatic rings. The van der Waals surface area contributed by atoms with Crippen LogP contribution in [0.15, 0.2) is 24.4 Å². The lowest BCUT2D eigenvalue weighted by Crippen LogP contribution is -2.28. The van der Waals surface area contributed by atoms with Gasteiger partial charge in [0.2, 0.25) is 0 Å². The van der Waals surface area contributed by atoms with Crippen LogP contribution in [0.3, 0.4) is 0 Å². The number of pyridine rings is 1. The van der Waals surface area contributed by atoms with Crippen LogP contribution in [0.25, 0.3) is 10.6 Å². The fraction of sp³-hybridized carbons (Fsp3) is 0.500. The summed E-state index contributed by atoms with van der Waals surface area (Å²) in [5, 5.41) is 11.3. The van der Waals surface area contributed by atoms with E-state index in [2.05, 4.69) is 16.4 Å². The van der Waals surface area contributed by atoms with Crippen LogP contribution in [-0.4, -0.2) is 29.7 Å². The van der Waals surface area contributed by atoms with Crippen LogP contribution < -0.4 is 10.1 Å². The summed E-state index contributed by atoms with van der Waals surface area (Å²) in [7, 11) is 0. The predicted molar refractivity (Wildman–Crippen MR) is 123 cm³/mol.